The molecule has 0 radical (unpaired) electrons. The Morgan fingerprint density at radius 2 is 1.60 bits per heavy atom. The second-order valence-corrected chi connectivity index (χ2v) is 6.86. The van der Waals surface area contributed by atoms with Gasteiger partial charge in [0.05, 0.1) is 12.7 Å². The van der Waals surface area contributed by atoms with E-state index in [4.69, 9.17) is 9.05 Å². The molecule has 1 N–H and O–H groups in total. The maximum Gasteiger partial charge on any atom is 0.472 e. The first kappa shape index (κ1) is 20.1. The number of phosphoric ester groups is 1. The molecule has 3 atom stereocenters. The molecule has 0 saturated carbocycles. The molecule has 0 aliphatic heterocycles. The van der Waals surface area contributed by atoms with Crippen LogP contribution in [0.15, 0.2) is 0 Å². The van der Waals surface area contributed by atoms with E-state index >= 15 is 0 Å². The van der Waals surface area contributed by atoms with E-state index in [9.17, 15) is 9.46 Å². The van der Waals surface area contributed by atoms with Crippen LogP contribution in [0.1, 0.15) is 79.1 Å². The van der Waals surface area contributed by atoms with E-state index in [1.807, 2.05) is 6.92 Å². The van der Waals surface area contributed by atoms with Gasteiger partial charge in [-0.15, -0.1) is 0 Å². The largest absolute Gasteiger partial charge is 0.472 e. The Hall–Kier alpha value is 0.110. The predicted molar refractivity (Wildman–Crippen MR) is 83.8 cm³/mol. The number of hydrogen-bond donors (Lipinski definition) is 1. The molecule has 0 aliphatic carbocycles. The van der Waals surface area contributed by atoms with Gasteiger partial charge in [0.1, 0.15) is 0 Å². The van der Waals surface area contributed by atoms with Gasteiger partial charge in [0, 0.05) is 0 Å². The Morgan fingerprint density at radius 1 is 1.00 bits per heavy atom. The fourth-order valence-corrected chi connectivity index (χ4v) is 3.17. The molecule has 0 rings (SSSR count). The monoisotopic (exact) mass is 308 g/mol. The summed E-state index contributed by atoms with van der Waals surface area (Å²) in [6.07, 6.45) is 7.71. The van der Waals surface area contributed by atoms with Gasteiger partial charge in [0.2, 0.25) is 0 Å². The first-order chi connectivity index (χ1) is 9.49. The standard InChI is InChI=1S/C15H33O4P/c1-5-9-11-14(7-3)13-18-20(16,17)19-15(8-4)12-10-6-2/h14-15H,5-13H2,1-4H3,(H,16,17). The van der Waals surface area contributed by atoms with Gasteiger partial charge in [-0.25, -0.2) is 4.57 Å². The van der Waals surface area contributed by atoms with Crippen LogP contribution in [0.5, 0.6) is 0 Å². The van der Waals surface area contributed by atoms with Crippen LogP contribution in [0.2, 0.25) is 0 Å². The lowest BCUT2D eigenvalue weighted by Gasteiger charge is -2.21. The molecule has 0 spiro atoms. The number of rotatable bonds is 13. The molecule has 0 amide bonds. The molecule has 0 saturated heterocycles. The van der Waals surface area contributed by atoms with E-state index in [2.05, 4.69) is 20.8 Å². The van der Waals surface area contributed by atoms with E-state index in [1.165, 1.54) is 0 Å². The highest BCUT2D eigenvalue weighted by atomic mass is 31.2. The van der Waals surface area contributed by atoms with Gasteiger partial charge in [-0.2, -0.15) is 0 Å². The highest BCUT2D eigenvalue weighted by Gasteiger charge is 2.26. The summed E-state index contributed by atoms with van der Waals surface area (Å²) in [5.41, 5.74) is 0. The van der Waals surface area contributed by atoms with Crippen LogP contribution in [-0.2, 0) is 13.6 Å². The fourth-order valence-electron chi connectivity index (χ4n) is 2.08. The van der Waals surface area contributed by atoms with E-state index in [0.717, 1.165) is 51.4 Å². The van der Waals surface area contributed by atoms with Crippen molar-refractivity contribution in [3.05, 3.63) is 0 Å². The highest BCUT2D eigenvalue weighted by molar-refractivity contribution is 7.47. The Morgan fingerprint density at radius 3 is 2.10 bits per heavy atom. The van der Waals surface area contributed by atoms with Crippen molar-refractivity contribution in [2.45, 2.75) is 85.2 Å². The zero-order valence-corrected chi connectivity index (χ0v) is 14.5. The van der Waals surface area contributed by atoms with Crippen molar-refractivity contribution in [3.63, 3.8) is 0 Å². The molecule has 0 aromatic carbocycles. The van der Waals surface area contributed by atoms with Crippen LogP contribution in [-0.4, -0.2) is 17.6 Å². The number of unbranched alkanes of at least 4 members (excludes halogenated alkanes) is 2. The van der Waals surface area contributed by atoms with Crippen LogP contribution in [0.25, 0.3) is 0 Å². The van der Waals surface area contributed by atoms with E-state index in [0.29, 0.717) is 12.5 Å². The molecule has 0 aliphatic rings. The average molecular weight is 308 g/mol. The minimum atomic E-state index is -3.90. The lowest BCUT2D eigenvalue weighted by atomic mass is 10.0. The highest BCUT2D eigenvalue weighted by Crippen LogP contribution is 2.46. The lowest BCUT2D eigenvalue weighted by molar-refractivity contribution is 0.0840. The quantitative estimate of drug-likeness (QED) is 0.469. The molecule has 4 nitrogen and oxygen atoms in total. The maximum absolute atomic E-state index is 12.0. The molecule has 0 aromatic heterocycles. The van der Waals surface area contributed by atoms with Crippen molar-refractivity contribution in [1.82, 2.24) is 0 Å². The minimum absolute atomic E-state index is 0.179. The first-order valence-electron chi connectivity index (χ1n) is 8.14. The summed E-state index contributed by atoms with van der Waals surface area (Å²) in [5.74, 6) is 0.342. The van der Waals surface area contributed by atoms with E-state index in [-0.39, 0.29) is 6.10 Å². The smallest absolute Gasteiger partial charge is 0.302 e. The molecule has 5 heteroatoms. The Labute approximate surface area is 124 Å². The van der Waals surface area contributed by atoms with Crippen LogP contribution in [0.4, 0.5) is 0 Å². The molecule has 0 aromatic rings. The topological polar surface area (TPSA) is 55.8 Å². The Bertz CT molecular complexity index is 271. The molecular weight excluding hydrogens is 275 g/mol. The third-order valence-electron chi connectivity index (χ3n) is 3.63. The third-order valence-corrected chi connectivity index (χ3v) is 4.67. The molecule has 0 heterocycles. The summed E-state index contributed by atoms with van der Waals surface area (Å²) in [6, 6.07) is 0. The van der Waals surface area contributed by atoms with Crippen molar-refractivity contribution in [2.75, 3.05) is 6.61 Å². The summed E-state index contributed by atoms with van der Waals surface area (Å²) >= 11 is 0. The van der Waals surface area contributed by atoms with Crippen molar-refractivity contribution in [1.29, 1.82) is 0 Å². The molecular formula is C15H33O4P. The van der Waals surface area contributed by atoms with Gasteiger partial charge in [0.25, 0.3) is 0 Å². The van der Waals surface area contributed by atoms with Gasteiger partial charge in [-0.3, -0.25) is 9.05 Å². The van der Waals surface area contributed by atoms with E-state index in [1.54, 1.807) is 0 Å². The lowest BCUT2D eigenvalue weighted by Crippen LogP contribution is -2.14. The molecule has 122 valence electrons. The molecule has 0 fully saturated rings. The average Bonchev–Trinajstić information content (AvgIpc) is 2.43. The van der Waals surface area contributed by atoms with Gasteiger partial charge in [0.15, 0.2) is 0 Å². The van der Waals surface area contributed by atoms with Crippen molar-refractivity contribution >= 4 is 7.82 Å². The van der Waals surface area contributed by atoms with Gasteiger partial charge < -0.3 is 4.89 Å². The molecule has 20 heavy (non-hydrogen) atoms. The second-order valence-electron chi connectivity index (χ2n) is 5.46. The van der Waals surface area contributed by atoms with Crippen molar-refractivity contribution in [2.24, 2.45) is 5.92 Å². The van der Waals surface area contributed by atoms with Crippen molar-refractivity contribution in [3.8, 4) is 0 Å². The zero-order chi connectivity index (χ0) is 15.4. The summed E-state index contributed by atoms with van der Waals surface area (Å²) in [6.45, 7) is 8.61. The van der Waals surface area contributed by atoms with Gasteiger partial charge in [-0.1, -0.05) is 59.8 Å². The van der Waals surface area contributed by atoms with Crippen molar-refractivity contribution < 1.29 is 18.5 Å². The SMILES string of the molecule is CCCCC(CC)COP(=O)(O)OC(CC)CCCC. The normalized spacial score (nSPS) is 17.6. The van der Waals surface area contributed by atoms with Crippen LogP contribution in [0, 0.1) is 5.92 Å². The van der Waals surface area contributed by atoms with Gasteiger partial charge >= 0.3 is 7.82 Å². The molecule has 0 bridgehead atoms. The Kier molecular flexibility index (Phi) is 11.8. The summed E-state index contributed by atoms with van der Waals surface area (Å²) in [4.78, 5) is 9.80. The third kappa shape index (κ3) is 9.93. The molecule has 3 unspecified atom stereocenters. The van der Waals surface area contributed by atoms with Crippen LogP contribution >= 0.6 is 7.82 Å². The van der Waals surface area contributed by atoms with Crippen LogP contribution < -0.4 is 0 Å². The summed E-state index contributed by atoms with van der Waals surface area (Å²) < 4.78 is 22.4. The zero-order valence-electron chi connectivity index (χ0n) is 13.6. The second kappa shape index (κ2) is 11.7. The Balaban J connectivity index is 4.17. The first-order valence-corrected chi connectivity index (χ1v) is 9.64. The summed E-state index contributed by atoms with van der Waals surface area (Å²) in [5, 5.41) is 0. The maximum atomic E-state index is 12.0. The van der Waals surface area contributed by atoms with E-state index < -0.39 is 7.82 Å². The minimum Gasteiger partial charge on any atom is -0.302 e. The van der Waals surface area contributed by atoms with Crippen LogP contribution in [0.3, 0.4) is 0 Å². The number of hydrogen-bond acceptors (Lipinski definition) is 3. The predicted octanol–water partition coefficient (Wildman–Crippen LogP) is 5.31. The fraction of sp³-hybridized carbons (Fsp3) is 1.00. The summed E-state index contributed by atoms with van der Waals surface area (Å²) in [7, 11) is -3.90. The number of phosphoric acid groups is 1. The van der Waals surface area contributed by atoms with Gasteiger partial charge in [-0.05, 0) is 25.2 Å².